The molecule has 0 bridgehead atoms. The minimum Gasteiger partial charge on any atom is -0.463 e. The van der Waals surface area contributed by atoms with Gasteiger partial charge in [-0.2, -0.15) is 0 Å². The van der Waals surface area contributed by atoms with Crippen molar-refractivity contribution < 1.29 is 8.81 Å². The monoisotopic (exact) mass is 272 g/mol. The van der Waals surface area contributed by atoms with Crippen LogP contribution in [0.3, 0.4) is 0 Å². The van der Waals surface area contributed by atoms with E-state index in [0.717, 1.165) is 11.3 Å². The molecule has 0 spiro atoms. The van der Waals surface area contributed by atoms with Crippen LogP contribution in [-0.4, -0.2) is 15.0 Å². The normalized spacial score (nSPS) is 10.9. The van der Waals surface area contributed by atoms with E-state index < -0.39 is 0 Å². The summed E-state index contributed by atoms with van der Waals surface area (Å²) in [5.41, 5.74) is 8.02. The average Bonchev–Trinajstić information content (AvgIpc) is 3.10. The molecule has 0 saturated heterocycles. The van der Waals surface area contributed by atoms with Crippen molar-refractivity contribution in [1.82, 2.24) is 15.0 Å². The van der Waals surface area contributed by atoms with Crippen LogP contribution in [0.25, 0.3) is 11.5 Å². The van der Waals surface area contributed by atoms with Crippen LogP contribution in [0.5, 0.6) is 0 Å². The van der Waals surface area contributed by atoms with E-state index in [1.54, 1.807) is 29.1 Å². The van der Waals surface area contributed by atoms with Crippen molar-refractivity contribution in [3.63, 3.8) is 0 Å². The lowest BCUT2D eigenvalue weighted by atomic mass is 10.2. The van der Waals surface area contributed by atoms with Gasteiger partial charge in [0.05, 0.1) is 12.8 Å². The van der Waals surface area contributed by atoms with E-state index in [0.29, 0.717) is 18.0 Å². The molecular weight excluding hydrogens is 259 g/mol. The minimum absolute atomic E-state index is 0.263. The van der Waals surface area contributed by atoms with Gasteiger partial charge in [0.1, 0.15) is 17.2 Å². The molecule has 5 nitrogen and oxygen atoms in total. The number of furan rings is 1. The second kappa shape index (κ2) is 5.26. The summed E-state index contributed by atoms with van der Waals surface area (Å²) in [5.74, 6) is 0.402. The zero-order valence-electron chi connectivity index (χ0n) is 10.7. The van der Waals surface area contributed by atoms with Gasteiger partial charge in [0.2, 0.25) is 0 Å². The molecule has 3 rings (SSSR count). The Morgan fingerprint density at radius 1 is 1.20 bits per heavy atom. The molecule has 0 aliphatic carbocycles. The third-order valence-corrected chi connectivity index (χ3v) is 3.00. The highest BCUT2D eigenvalue weighted by molar-refractivity contribution is 5.55. The number of hydrogen-bond donors (Lipinski definition) is 1. The van der Waals surface area contributed by atoms with E-state index in [1.165, 1.54) is 12.1 Å². The van der Waals surface area contributed by atoms with Gasteiger partial charge in [0.15, 0.2) is 5.76 Å². The molecule has 2 aromatic heterocycles. The Balaban J connectivity index is 1.98. The van der Waals surface area contributed by atoms with E-state index in [1.807, 2.05) is 6.07 Å². The molecule has 2 heterocycles. The van der Waals surface area contributed by atoms with E-state index in [2.05, 4.69) is 10.3 Å². The summed E-state index contributed by atoms with van der Waals surface area (Å²) in [5, 5.41) is 8.15. The standard InChI is InChI=1S/C14H13FN4O/c15-11-5-3-10(4-6-11)9-19-14(12(8-16)17-18-19)13-2-1-7-20-13/h1-7H,8-9,16H2. The Hall–Kier alpha value is -2.47. The van der Waals surface area contributed by atoms with Crippen LogP contribution in [0.1, 0.15) is 11.3 Å². The minimum atomic E-state index is -0.263. The van der Waals surface area contributed by atoms with Gasteiger partial charge in [-0.05, 0) is 29.8 Å². The lowest BCUT2D eigenvalue weighted by Crippen LogP contribution is -2.05. The van der Waals surface area contributed by atoms with Crippen molar-refractivity contribution in [3.8, 4) is 11.5 Å². The summed E-state index contributed by atoms with van der Waals surface area (Å²) in [6.45, 7) is 0.753. The largest absolute Gasteiger partial charge is 0.463 e. The number of aromatic nitrogens is 3. The molecular formula is C14H13FN4O. The summed E-state index contributed by atoms with van der Waals surface area (Å²) >= 11 is 0. The molecule has 0 radical (unpaired) electrons. The molecule has 20 heavy (non-hydrogen) atoms. The van der Waals surface area contributed by atoms with Crippen molar-refractivity contribution in [2.45, 2.75) is 13.1 Å². The van der Waals surface area contributed by atoms with Crippen molar-refractivity contribution >= 4 is 0 Å². The summed E-state index contributed by atoms with van der Waals surface area (Å²) in [7, 11) is 0. The van der Waals surface area contributed by atoms with Crippen molar-refractivity contribution in [2.75, 3.05) is 0 Å². The van der Waals surface area contributed by atoms with Crippen LogP contribution >= 0.6 is 0 Å². The quantitative estimate of drug-likeness (QED) is 0.790. The highest BCUT2D eigenvalue weighted by Crippen LogP contribution is 2.23. The summed E-state index contributed by atoms with van der Waals surface area (Å²) in [6, 6.07) is 9.89. The number of nitrogens with zero attached hydrogens (tertiary/aromatic N) is 3. The van der Waals surface area contributed by atoms with Gasteiger partial charge in [-0.15, -0.1) is 5.10 Å². The third-order valence-electron chi connectivity index (χ3n) is 3.00. The molecule has 2 N–H and O–H groups in total. The highest BCUT2D eigenvalue weighted by atomic mass is 19.1. The molecule has 0 aliphatic rings. The molecule has 1 aromatic carbocycles. The fraction of sp³-hybridized carbons (Fsp3) is 0.143. The van der Waals surface area contributed by atoms with Crippen molar-refractivity contribution in [2.24, 2.45) is 5.73 Å². The molecule has 102 valence electrons. The first-order valence-electron chi connectivity index (χ1n) is 6.18. The second-order valence-corrected chi connectivity index (χ2v) is 4.35. The fourth-order valence-corrected chi connectivity index (χ4v) is 2.04. The Bertz CT molecular complexity index is 689. The molecule has 0 atom stereocenters. The number of nitrogens with two attached hydrogens (primary N) is 1. The van der Waals surface area contributed by atoms with Crippen LogP contribution in [0, 0.1) is 5.82 Å². The topological polar surface area (TPSA) is 69.9 Å². The van der Waals surface area contributed by atoms with Gasteiger partial charge in [0, 0.05) is 6.54 Å². The van der Waals surface area contributed by atoms with Gasteiger partial charge in [-0.25, -0.2) is 9.07 Å². The number of halogens is 1. The lowest BCUT2D eigenvalue weighted by Gasteiger charge is -2.05. The molecule has 0 fully saturated rings. The van der Waals surface area contributed by atoms with E-state index in [9.17, 15) is 4.39 Å². The SMILES string of the molecule is NCc1nnn(Cc2ccc(F)cc2)c1-c1ccco1. The third kappa shape index (κ3) is 2.33. The van der Waals surface area contributed by atoms with Gasteiger partial charge >= 0.3 is 0 Å². The van der Waals surface area contributed by atoms with Gasteiger partial charge < -0.3 is 10.2 Å². The number of hydrogen-bond acceptors (Lipinski definition) is 4. The van der Waals surface area contributed by atoms with Crippen LogP contribution < -0.4 is 5.73 Å². The molecule has 3 aromatic rings. The fourth-order valence-electron chi connectivity index (χ4n) is 2.04. The summed E-state index contributed by atoms with van der Waals surface area (Å²) in [4.78, 5) is 0. The average molecular weight is 272 g/mol. The van der Waals surface area contributed by atoms with E-state index in [4.69, 9.17) is 10.2 Å². The summed E-state index contributed by atoms with van der Waals surface area (Å²) < 4.78 is 20.0. The molecule has 6 heteroatoms. The smallest absolute Gasteiger partial charge is 0.153 e. The Labute approximate surface area is 114 Å². The van der Waals surface area contributed by atoms with Gasteiger partial charge in [-0.1, -0.05) is 17.3 Å². The molecule has 0 aliphatic heterocycles. The maximum atomic E-state index is 12.9. The number of rotatable bonds is 4. The summed E-state index contributed by atoms with van der Waals surface area (Å²) in [6.07, 6.45) is 1.59. The number of benzene rings is 1. The maximum absolute atomic E-state index is 12.9. The zero-order chi connectivity index (χ0) is 13.9. The first kappa shape index (κ1) is 12.6. The van der Waals surface area contributed by atoms with E-state index >= 15 is 0 Å². The molecule has 0 unspecified atom stereocenters. The van der Waals surface area contributed by atoms with Crippen LogP contribution in [-0.2, 0) is 13.1 Å². The van der Waals surface area contributed by atoms with Crippen LogP contribution in [0.4, 0.5) is 4.39 Å². The van der Waals surface area contributed by atoms with Crippen LogP contribution in [0.15, 0.2) is 47.1 Å². The predicted octanol–water partition coefficient (Wildman–Crippen LogP) is 2.18. The van der Waals surface area contributed by atoms with Gasteiger partial charge in [0.25, 0.3) is 0 Å². The first-order chi connectivity index (χ1) is 9.78. The zero-order valence-corrected chi connectivity index (χ0v) is 10.7. The lowest BCUT2D eigenvalue weighted by molar-refractivity contribution is 0.565. The van der Waals surface area contributed by atoms with Crippen molar-refractivity contribution in [3.05, 3.63) is 59.7 Å². The maximum Gasteiger partial charge on any atom is 0.153 e. The molecule has 0 saturated carbocycles. The Morgan fingerprint density at radius 2 is 2.00 bits per heavy atom. The predicted molar refractivity (Wildman–Crippen MR) is 71.1 cm³/mol. The Morgan fingerprint density at radius 3 is 2.65 bits per heavy atom. The van der Waals surface area contributed by atoms with Crippen molar-refractivity contribution in [1.29, 1.82) is 0 Å². The highest BCUT2D eigenvalue weighted by Gasteiger charge is 2.16. The first-order valence-corrected chi connectivity index (χ1v) is 6.18. The Kier molecular flexibility index (Phi) is 3.30. The van der Waals surface area contributed by atoms with Gasteiger partial charge in [-0.3, -0.25) is 0 Å². The van der Waals surface area contributed by atoms with Crippen LogP contribution in [0.2, 0.25) is 0 Å². The molecule has 0 amide bonds. The van der Waals surface area contributed by atoms with E-state index in [-0.39, 0.29) is 12.4 Å². The second-order valence-electron chi connectivity index (χ2n) is 4.35.